The summed E-state index contributed by atoms with van der Waals surface area (Å²) in [5.74, 6) is 2.22. The van der Waals surface area contributed by atoms with Crippen molar-refractivity contribution in [3.8, 4) is 11.4 Å². The Hall–Kier alpha value is -3.90. The fourth-order valence-electron chi connectivity index (χ4n) is 6.62. The van der Waals surface area contributed by atoms with E-state index in [0.717, 1.165) is 55.9 Å². The Morgan fingerprint density at radius 3 is 1.91 bits per heavy atom. The first-order valence-electron chi connectivity index (χ1n) is 16.6. The molecule has 1 amide bonds. The van der Waals surface area contributed by atoms with Crippen LogP contribution in [0.2, 0.25) is 0 Å². The quantitative estimate of drug-likeness (QED) is 0.0773. The summed E-state index contributed by atoms with van der Waals surface area (Å²) in [6.07, 6.45) is 2.03. The molecule has 0 aliphatic heterocycles. The number of unbranched alkanes of at least 4 members (excludes halogenated alkanes) is 1. The van der Waals surface area contributed by atoms with Crippen LogP contribution in [0.1, 0.15) is 40.5 Å². The maximum atomic E-state index is 13.4. The van der Waals surface area contributed by atoms with Gasteiger partial charge in [-0.1, -0.05) is 76.2 Å². The van der Waals surface area contributed by atoms with Gasteiger partial charge in [0.1, 0.15) is 5.82 Å². The van der Waals surface area contributed by atoms with Gasteiger partial charge in [0, 0.05) is 55.8 Å². The zero-order valence-corrected chi connectivity index (χ0v) is 28.7. The maximum absolute atomic E-state index is 13.4. The normalized spacial score (nSPS) is 12.2. The van der Waals surface area contributed by atoms with Gasteiger partial charge in [0.15, 0.2) is 6.54 Å². The fourth-order valence-corrected chi connectivity index (χ4v) is 6.62. The van der Waals surface area contributed by atoms with Crippen LogP contribution in [0, 0.1) is 11.8 Å². The average molecular weight is 607 g/mol. The van der Waals surface area contributed by atoms with Crippen LogP contribution in [-0.4, -0.2) is 79.2 Å². The van der Waals surface area contributed by atoms with E-state index in [1.54, 1.807) is 0 Å². The molecule has 0 spiro atoms. The lowest BCUT2D eigenvalue weighted by molar-refractivity contribution is -0.883. The topological polar surface area (TPSA) is 41.4 Å². The van der Waals surface area contributed by atoms with Crippen molar-refractivity contribution in [2.24, 2.45) is 11.8 Å². The minimum Gasteiger partial charge on any atom is -0.378 e. The van der Waals surface area contributed by atoms with Crippen LogP contribution in [0.5, 0.6) is 0 Å². The molecule has 0 unspecified atom stereocenters. The highest BCUT2D eigenvalue weighted by molar-refractivity contribution is 6.23. The Kier molecular flexibility index (Phi) is 9.83. The molecule has 238 valence electrons. The number of quaternary nitrogens is 1. The molecule has 4 aromatic carbocycles. The number of likely N-dealkylation sites (N-methyl/N-ethyl adjacent to an activating group) is 1. The third kappa shape index (κ3) is 7.33. The SMILES string of the molecule is CC(C)CN(CC(C)C)C(=O)C[N+](C)(C)CCCCn1c(-c2ccc(N(C)C)cc2)nc2c3ccccc3c3ccccc3c21. The molecule has 0 saturated heterocycles. The van der Waals surface area contributed by atoms with Crippen molar-refractivity contribution in [1.29, 1.82) is 0 Å². The van der Waals surface area contributed by atoms with E-state index < -0.39 is 0 Å². The van der Waals surface area contributed by atoms with Crippen LogP contribution in [0.3, 0.4) is 0 Å². The number of aryl methyl sites for hydroxylation is 1. The second kappa shape index (κ2) is 13.6. The highest BCUT2D eigenvalue weighted by atomic mass is 16.2. The number of anilines is 1. The first-order chi connectivity index (χ1) is 21.4. The summed E-state index contributed by atoms with van der Waals surface area (Å²) in [5.41, 5.74) is 4.57. The number of nitrogens with zero attached hydrogens (tertiary/aromatic N) is 5. The second-order valence-electron chi connectivity index (χ2n) is 14.4. The summed E-state index contributed by atoms with van der Waals surface area (Å²) in [6, 6.07) is 26.1. The van der Waals surface area contributed by atoms with E-state index in [9.17, 15) is 4.79 Å². The van der Waals surface area contributed by atoms with Crippen LogP contribution in [0.25, 0.3) is 44.0 Å². The van der Waals surface area contributed by atoms with Crippen molar-refractivity contribution in [3.05, 3.63) is 72.8 Å². The van der Waals surface area contributed by atoms with Crippen LogP contribution in [-0.2, 0) is 11.3 Å². The van der Waals surface area contributed by atoms with Crippen molar-refractivity contribution >= 4 is 44.2 Å². The van der Waals surface area contributed by atoms with E-state index in [-0.39, 0.29) is 5.91 Å². The molecule has 0 aliphatic carbocycles. The van der Waals surface area contributed by atoms with Gasteiger partial charge in [-0.2, -0.15) is 0 Å². The van der Waals surface area contributed by atoms with Crippen molar-refractivity contribution in [2.45, 2.75) is 47.1 Å². The molecule has 5 rings (SSSR count). The number of fused-ring (bicyclic) bond motifs is 6. The molecule has 0 radical (unpaired) electrons. The Morgan fingerprint density at radius 2 is 1.33 bits per heavy atom. The Labute approximate surface area is 269 Å². The molecule has 45 heavy (non-hydrogen) atoms. The van der Waals surface area contributed by atoms with E-state index in [1.807, 2.05) is 0 Å². The van der Waals surface area contributed by atoms with Crippen molar-refractivity contribution in [2.75, 3.05) is 59.3 Å². The molecule has 6 nitrogen and oxygen atoms in total. The summed E-state index contributed by atoms with van der Waals surface area (Å²) in [7, 11) is 8.54. The number of carbonyl (C=O) groups excluding carboxylic acids is 1. The molecule has 6 heteroatoms. The summed E-state index contributed by atoms with van der Waals surface area (Å²) in [6.45, 7) is 12.8. The molecule has 0 bridgehead atoms. The van der Waals surface area contributed by atoms with Crippen molar-refractivity contribution in [3.63, 3.8) is 0 Å². The number of aromatic nitrogens is 2. The van der Waals surface area contributed by atoms with E-state index >= 15 is 0 Å². The highest BCUT2D eigenvalue weighted by Crippen LogP contribution is 2.37. The minimum absolute atomic E-state index is 0.268. The highest BCUT2D eigenvalue weighted by Gasteiger charge is 2.25. The second-order valence-corrected chi connectivity index (χ2v) is 14.4. The van der Waals surface area contributed by atoms with E-state index in [0.29, 0.717) is 22.9 Å². The first kappa shape index (κ1) is 32.5. The monoisotopic (exact) mass is 606 g/mol. The number of amides is 1. The summed E-state index contributed by atoms with van der Waals surface area (Å²) in [5, 5.41) is 4.94. The van der Waals surface area contributed by atoms with Gasteiger partial charge in [0.2, 0.25) is 0 Å². The van der Waals surface area contributed by atoms with E-state index in [4.69, 9.17) is 4.98 Å². The molecule has 0 aliphatic rings. The largest absolute Gasteiger partial charge is 0.378 e. The number of carbonyl (C=O) groups is 1. The third-order valence-electron chi connectivity index (χ3n) is 8.75. The van der Waals surface area contributed by atoms with Gasteiger partial charge in [-0.05, 0) is 59.7 Å². The van der Waals surface area contributed by atoms with Crippen LogP contribution in [0.4, 0.5) is 5.69 Å². The predicted molar refractivity (Wildman–Crippen MR) is 192 cm³/mol. The van der Waals surface area contributed by atoms with Crippen LogP contribution >= 0.6 is 0 Å². The lowest BCUT2D eigenvalue weighted by atomic mass is 10.00. The number of imidazole rings is 1. The standard InChI is InChI=1S/C39H52N5O/c1-28(2)25-42(26-29(3)4)36(45)27-44(7,8)24-14-13-23-43-38-35-18-12-10-16-33(35)32-15-9-11-17-34(32)37(38)40-39(43)30-19-21-31(22-20-30)41(5)6/h9-12,15-22,28-29H,13-14,23-27H2,1-8H3/q+1. The van der Waals surface area contributed by atoms with Crippen molar-refractivity contribution < 1.29 is 9.28 Å². The van der Waals surface area contributed by atoms with Gasteiger partial charge in [0.25, 0.3) is 5.91 Å². The zero-order chi connectivity index (χ0) is 32.3. The number of hydrogen-bond acceptors (Lipinski definition) is 3. The summed E-state index contributed by atoms with van der Waals surface area (Å²) < 4.78 is 3.15. The lowest BCUT2D eigenvalue weighted by Crippen LogP contribution is -2.50. The van der Waals surface area contributed by atoms with E-state index in [1.165, 1.54) is 32.7 Å². The zero-order valence-electron chi connectivity index (χ0n) is 28.7. The molecule has 0 fully saturated rings. The lowest BCUT2D eigenvalue weighted by Gasteiger charge is -2.33. The fraction of sp³-hybridized carbons (Fsp3) is 0.436. The molecular weight excluding hydrogens is 554 g/mol. The van der Waals surface area contributed by atoms with Gasteiger partial charge < -0.3 is 18.8 Å². The third-order valence-corrected chi connectivity index (χ3v) is 8.75. The molecule has 5 aromatic rings. The van der Waals surface area contributed by atoms with Gasteiger partial charge >= 0.3 is 0 Å². The van der Waals surface area contributed by atoms with Gasteiger partial charge in [-0.25, -0.2) is 4.98 Å². The average Bonchev–Trinajstić information content (AvgIpc) is 3.38. The predicted octanol–water partition coefficient (Wildman–Crippen LogP) is 8.07. The number of benzene rings is 4. The van der Waals surface area contributed by atoms with Crippen LogP contribution < -0.4 is 4.90 Å². The first-order valence-corrected chi connectivity index (χ1v) is 16.6. The van der Waals surface area contributed by atoms with Crippen LogP contribution in [0.15, 0.2) is 72.8 Å². The maximum Gasteiger partial charge on any atom is 0.277 e. The van der Waals surface area contributed by atoms with Crippen molar-refractivity contribution in [1.82, 2.24) is 14.5 Å². The number of hydrogen-bond donors (Lipinski definition) is 0. The summed E-state index contributed by atoms with van der Waals surface area (Å²) in [4.78, 5) is 23.0. The molecule has 1 aromatic heterocycles. The van der Waals surface area contributed by atoms with Gasteiger partial charge in [0.05, 0.1) is 31.7 Å². The molecule has 0 atom stereocenters. The van der Waals surface area contributed by atoms with Gasteiger partial charge in [-0.3, -0.25) is 4.79 Å². The Balaban J connectivity index is 1.44. The molecular formula is C39H52N5O+. The molecule has 1 heterocycles. The Morgan fingerprint density at radius 1 is 0.778 bits per heavy atom. The molecule has 0 N–H and O–H groups in total. The minimum atomic E-state index is 0.268. The summed E-state index contributed by atoms with van der Waals surface area (Å²) >= 11 is 0. The molecule has 0 saturated carbocycles. The Bertz CT molecular complexity index is 1750. The van der Waals surface area contributed by atoms with Gasteiger partial charge in [-0.15, -0.1) is 0 Å². The smallest absolute Gasteiger partial charge is 0.277 e. The van der Waals surface area contributed by atoms with E-state index in [2.05, 4.69) is 143 Å². The number of rotatable bonds is 13.